The van der Waals surface area contributed by atoms with E-state index in [1.165, 1.54) is 18.4 Å². The van der Waals surface area contributed by atoms with E-state index in [0.717, 1.165) is 12.4 Å². The molecule has 1 aromatic carbocycles. The van der Waals surface area contributed by atoms with E-state index in [1.807, 2.05) is 6.07 Å². The lowest BCUT2D eigenvalue weighted by Gasteiger charge is -2.23. The molecule has 0 radical (unpaired) electrons. The highest BCUT2D eigenvalue weighted by molar-refractivity contribution is 5.44. The van der Waals surface area contributed by atoms with Crippen LogP contribution in [-0.2, 0) is 6.54 Å². The first-order valence-electron chi connectivity index (χ1n) is 6.21. The number of nitrogen functional groups attached to an aromatic ring is 1. The van der Waals surface area contributed by atoms with E-state index >= 15 is 0 Å². The van der Waals surface area contributed by atoms with E-state index in [1.54, 1.807) is 12.4 Å². The molecule has 4 nitrogen and oxygen atoms in total. The molecule has 1 aliphatic carbocycles. The Bertz CT molecular complexity index is 522. The van der Waals surface area contributed by atoms with Crippen molar-refractivity contribution in [2.24, 2.45) is 0 Å². The summed E-state index contributed by atoms with van der Waals surface area (Å²) in [5.74, 6) is 1.35. The Kier molecular flexibility index (Phi) is 2.84. The maximum absolute atomic E-state index is 5.71. The molecule has 2 N–H and O–H groups in total. The van der Waals surface area contributed by atoms with Crippen molar-refractivity contribution < 1.29 is 0 Å². The molecular weight excluding hydrogens is 224 g/mol. The quantitative estimate of drug-likeness (QED) is 0.890. The van der Waals surface area contributed by atoms with Gasteiger partial charge in [-0.3, -0.25) is 4.98 Å². The van der Waals surface area contributed by atoms with Gasteiger partial charge in [0.1, 0.15) is 11.6 Å². The van der Waals surface area contributed by atoms with Crippen LogP contribution in [0.15, 0.2) is 42.7 Å². The molecule has 4 heteroatoms. The number of benzene rings is 1. The Balaban J connectivity index is 1.85. The van der Waals surface area contributed by atoms with Crippen molar-refractivity contribution in [3.8, 4) is 0 Å². The van der Waals surface area contributed by atoms with Crippen LogP contribution < -0.4 is 10.6 Å². The Morgan fingerprint density at radius 2 is 1.94 bits per heavy atom. The Morgan fingerprint density at radius 1 is 1.17 bits per heavy atom. The van der Waals surface area contributed by atoms with Gasteiger partial charge < -0.3 is 10.6 Å². The van der Waals surface area contributed by atoms with Gasteiger partial charge in [-0.2, -0.15) is 0 Å². The van der Waals surface area contributed by atoms with Gasteiger partial charge in [-0.1, -0.05) is 30.3 Å². The van der Waals surface area contributed by atoms with E-state index < -0.39 is 0 Å². The van der Waals surface area contributed by atoms with E-state index in [4.69, 9.17) is 5.73 Å². The summed E-state index contributed by atoms with van der Waals surface area (Å²) in [5, 5.41) is 0. The average Bonchev–Trinajstić information content (AvgIpc) is 3.21. The fourth-order valence-electron chi connectivity index (χ4n) is 2.07. The zero-order valence-electron chi connectivity index (χ0n) is 10.2. The first-order chi connectivity index (χ1) is 8.83. The summed E-state index contributed by atoms with van der Waals surface area (Å²) in [6, 6.07) is 11.0. The first-order valence-corrected chi connectivity index (χ1v) is 6.21. The van der Waals surface area contributed by atoms with Crippen LogP contribution in [0.25, 0.3) is 0 Å². The minimum Gasteiger partial charge on any atom is -0.382 e. The summed E-state index contributed by atoms with van der Waals surface area (Å²) in [6.45, 7) is 0.865. The van der Waals surface area contributed by atoms with E-state index in [0.29, 0.717) is 11.9 Å². The molecule has 18 heavy (non-hydrogen) atoms. The Hall–Kier alpha value is -2.10. The predicted molar refractivity (Wildman–Crippen MR) is 72.1 cm³/mol. The summed E-state index contributed by atoms with van der Waals surface area (Å²) < 4.78 is 0. The van der Waals surface area contributed by atoms with Crippen LogP contribution in [0.4, 0.5) is 11.6 Å². The zero-order chi connectivity index (χ0) is 12.4. The number of nitrogens with zero attached hydrogens (tertiary/aromatic N) is 3. The highest BCUT2D eigenvalue weighted by atomic mass is 15.2. The molecule has 0 atom stereocenters. The largest absolute Gasteiger partial charge is 0.382 e. The van der Waals surface area contributed by atoms with Crippen molar-refractivity contribution in [2.45, 2.75) is 25.4 Å². The minimum absolute atomic E-state index is 0.478. The smallest absolute Gasteiger partial charge is 0.150 e. The van der Waals surface area contributed by atoms with E-state index in [9.17, 15) is 0 Å². The molecule has 1 heterocycles. The van der Waals surface area contributed by atoms with Crippen LogP contribution in [0.1, 0.15) is 18.4 Å². The van der Waals surface area contributed by atoms with Crippen molar-refractivity contribution in [3.05, 3.63) is 48.3 Å². The van der Waals surface area contributed by atoms with Gasteiger partial charge >= 0.3 is 0 Å². The molecular formula is C14H16N4. The molecule has 0 spiro atoms. The van der Waals surface area contributed by atoms with Crippen LogP contribution in [-0.4, -0.2) is 16.0 Å². The van der Waals surface area contributed by atoms with Crippen LogP contribution in [0.5, 0.6) is 0 Å². The minimum atomic E-state index is 0.478. The number of nitrogens with two attached hydrogens (primary N) is 1. The highest BCUT2D eigenvalue weighted by Gasteiger charge is 2.30. The third-order valence-electron chi connectivity index (χ3n) is 3.12. The summed E-state index contributed by atoms with van der Waals surface area (Å²) in [4.78, 5) is 10.8. The third kappa shape index (κ3) is 2.42. The molecule has 1 fully saturated rings. The second-order valence-corrected chi connectivity index (χ2v) is 4.65. The molecule has 1 saturated carbocycles. The number of hydrogen-bond donors (Lipinski definition) is 1. The van der Waals surface area contributed by atoms with Crippen LogP contribution in [0, 0.1) is 0 Å². The van der Waals surface area contributed by atoms with Gasteiger partial charge in [0.15, 0.2) is 0 Å². The molecule has 1 aliphatic rings. The third-order valence-corrected chi connectivity index (χ3v) is 3.12. The lowest BCUT2D eigenvalue weighted by molar-refractivity contribution is 0.775. The van der Waals surface area contributed by atoms with Gasteiger partial charge in [0.2, 0.25) is 0 Å². The molecule has 92 valence electrons. The fraction of sp³-hybridized carbons (Fsp3) is 0.286. The van der Waals surface area contributed by atoms with E-state index in [-0.39, 0.29) is 0 Å². The molecule has 0 aliphatic heterocycles. The number of anilines is 2. The van der Waals surface area contributed by atoms with Crippen LogP contribution >= 0.6 is 0 Å². The number of hydrogen-bond acceptors (Lipinski definition) is 4. The molecule has 0 bridgehead atoms. The second kappa shape index (κ2) is 4.64. The van der Waals surface area contributed by atoms with Crippen molar-refractivity contribution in [1.82, 2.24) is 9.97 Å². The Labute approximate surface area is 106 Å². The highest BCUT2D eigenvalue weighted by Crippen LogP contribution is 2.31. The maximum Gasteiger partial charge on any atom is 0.150 e. The first kappa shape index (κ1) is 11.0. The molecule has 0 amide bonds. The summed E-state index contributed by atoms with van der Waals surface area (Å²) in [6.07, 6.45) is 5.82. The lowest BCUT2D eigenvalue weighted by atomic mass is 10.2. The van der Waals surface area contributed by atoms with Gasteiger partial charge in [-0.15, -0.1) is 0 Å². The number of aromatic nitrogens is 2. The van der Waals surface area contributed by atoms with Crippen molar-refractivity contribution in [1.29, 1.82) is 0 Å². The maximum atomic E-state index is 5.71. The van der Waals surface area contributed by atoms with Gasteiger partial charge in [0.05, 0.1) is 12.4 Å². The average molecular weight is 240 g/mol. The molecule has 0 unspecified atom stereocenters. The molecule has 3 rings (SSSR count). The van der Waals surface area contributed by atoms with Gasteiger partial charge in [-0.05, 0) is 18.4 Å². The number of rotatable bonds is 4. The standard InChI is InChI=1S/C14H16N4/c15-13-8-16-9-14(17-13)18(12-6-7-12)10-11-4-2-1-3-5-11/h1-5,8-9,12H,6-7,10H2,(H2,15,17). The second-order valence-electron chi connectivity index (χ2n) is 4.65. The molecule has 0 saturated heterocycles. The van der Waals surface area contributed by atoms with Crippen LogP contribution in [0.3, 0.4) is 0 Å². The predicted octanol–water partition coefficient (Wildman–Crippen LogP) is 2.23. The van der Waals surface area contributed by atoms with Gasteiger partial charge in [0.25, 0.3) is 0 Å². The zero-order valence-corrected chi connectivity index (χ0v) is 10.2. The van der Waals surface area contributed by atoms with Gasteiger partial charge in [0, 0.05) is 12.6 Å². The normalized spacial score (nSPS) is 14.4. The van der Waals surface area contributed by atoms with Crippen molar-refractivity contribution in [3.63, 3.8) is 0 Å². The molecule has 1 aromatic heterocycles. The summed E-state index contributed by atoms with van der Waals surface area (Å²) >= 11 is 0. The SMILES string of the molecule is Nc1cncc(N(Cc2ccccc2)C2CC2)n1. The molecule has 2 aromatic rings. The topological polar surface area (TPSA) is 55.0 Å². The van der Waals surface area contributed by atoms with Crippen molar-refractivity contribution >= 4 is 11.6 Å². The summed E-state index contributed by atoms with van der Waals surface area (Å²) in [7, 11) is 0. The van der Waals surface area contributed by atoms with Crippen LogP contribution in [0.2, 0.25) is 0 Å². The van der Waals surface area contributed by atoms with Crippen molar-refractivity contribution in [2.75, 3.05) is 10.6 Å². The fourth-order valence-corrected chi connectivity index (χ4v) is 2.07. The summed E-state index contributed by atoms with van der Waals surface area (Å²) in [5.41, 5.74) is 7.00. The van der Waals surface area contributed by atoms with Gasteiger partial charge in [-0.25, -0.2) is 4.98 Å². The lowest BCUT2D eigenvalue weighted by Crippen LogP contribution is -2.26. The van der Waals surface area contributed by atoms with E-state index in [2.05, 4.69) is 39.1 Å². The monoisotopic (exact) mass is 240 g/mol. The Morgan fingerprint density at radius 3 is 2.61 bits per heavy atom.